The molecule has 130 valence electrons. The summed E-state index contributed by atoms with van der Waals surface area (Å²) in [6, 6.07) is 16.0. The molecular weight excluding hydrogens is 396 g/mol. The zero-order valence-electron chi connectivity index (χ0n) is 13.6. The molecule has 1 aliphatic rings. The predicted molar refractivity (Wildman–Crippen MR) is 101 cm³/mol. The van der Waals surface area contributed by atoms with Gasteiger partial charge in [0.15, 0.2) is 11.4 Å². The van der Waals surface area contributed by atoms with Gasteiger partial charge in [-0.25, -0.2) is 0 Å². The lowest BCUT2D eigenvalue weighted by Crippen LogP contribution is -2.36. The Morgan fingerprint density at radius 1 is 1.12 bits per heavy atom. The summed E-state index contributed by atoms with van der Waals surface area (Å²) in [7, 11) is 0. The second-order valence-corrected chi connectivity index (χ2v) is 7.16. The van der Waals surface area contributed by atoms with Crippen molar-refractivity contribution in [2.45, 2.75) is 12.0 Å². The minimum absolute atomic E-state index is 0.297. The van der Waals surface area contributed by atoms with Crippen LogP contribution in [0.5, 0.6) is 0 Å². The van der Waals surface area contributed by atoms with Crippen LogP contribution < -0.4 is 5.32 Å². The molecule has 2 aromatic carbocycles. The minimum atomic E-state index is -1.87. The Bertz CT molecular complexity index is 996. The van der Waals surface area contributed by atoms with E-state index in [0.29, 0.717) is 16.8 Å². The first-order chi connectivity index (χ1) is 12.5. The second-order valence-electron chi connectivity index (χ2n) is 6.24. The van der Waals surface area contributed by atoms with E-state index in [1.165, 1.54) is 0 Å². The fourth-order valence-corrected chi connectivity index (χ4v) is 3.51. The standard InChI is InChI=1S/C20H15BrN2O3/c21-14-5-8-17-16(11-14)20(26,19(25)22-17)12-18(24)13-3-6-15(7-4-13)23-9-1-2-10-23/h1-11,26H,12H2,(H,22,25)/t20-/m1/s1. The quantitative estimate of drug-likeness (QED) is 0.644. The summed E-state index contributed by atoms with van der Waals surface area (Å²) in [6.07, 6.45) is 3.51. The van der Waals surface area contributed by atoms with E-state index in [4.69, 9.17) is 0 Å². The van der Waals surface area contributed by atoms with E-state index in [1.54, 1.807) is 30.3 Å². The van der Waals surface area contributed by atoms with Gasteiger partial charge in [-0.15, -0.1) is 0 Å². The normalized spacial score (nSPS) is 18.5. The topological polar surface area (TPSA) is 71.3 Å². The SMILES string of the molecule is O=C(C[C@]1(O)C(=O)Nc2ccc(Br)cc21)c1ccc(-n2cccc2)cc1. The summed E-state index contributed by atoms with van der Waals surface area (Å²) in [4.78, 5) is 25.0. The molecule has 1 atom stereocenters. The molecule has 4 rings (SSSR count). The van der Waals surface area contributed by atoms with Crippen LogP contribution in [-0.4, -0.2) is 21.4 Å². The number of halogens is 1. The molecule has 0 unspecified atom stereocenters. The van der Waals surface area contributed by atoms with Gasteiger partial charge in [0.2, 0.25) is 0 Å². The zero-order chi connectivity index (χ0) is 18.3. The van der Waals surface area contributed by atoms with Gasteiger partial charge in [0.05, 0.1) is 6.42 Å². The number of nitrogens with one attached hydrogen (secondary N) is 1. The predicted octanol–water partition coefficient (Wildman–Crippen LogP) is 3.65. The number of aliphatic hydroxyl groups is 1. The molecule has 5 nitrogen and oxygen atoms in total. The van der Waals surface area contributed by atoms with Crippen LogP contribution in [-0.2, 0) is 10.4 Å². The van der Waals surface area contributed by atoms with E-state index >= 15 is 0 Å². The van der Waals surface area contributed by atoms with E-state index in [1.807, 2.05) is 41.2 Å². The summed E-state index contributed by atoms with van der Waals surface area (Å²) in [5.74, 6) is -0.877. The van der Waals surface area contributed by atoms with Crippen LogP contribution in [0.1, 0.15) is 22.3 Å². The van der Waals surface area contributed by atoms with Gasteiger partial charge in [0.1, 0.15) is 0 Å². The summed E-state index contributed by atoms with van der Waals surface area (Å²) in [5, 5.41) is 13.5. The van der Waals surface area contributed by atoms with Crippen molar-refractivity contribution in [3.05, 3.63) is 82.6 Å². The molecule has 0 aliphatic carbocycles. The number of Topliss-reactive ketones (excluding diaryl/α,β-unsaturated/α-hetero) is 1. The number of fused-ring (bicyclic) bond motifs is 1. The lowest BCUT2D eigenvalue weighted by molar-refractivity contribution is -0.133. The molecule has 1 amide bonds. The maximum Gasteiger partial charge on any atom is 0.261 e. The smallest absolute Gasteiger partial charge is 0.261 e. The Kier molecular flexibility index (Phi) is 4.01. The number of carbonyl (C=O) groups is 2. The molecule has 2 N–H and O–H groups in total. The molecule has 1 aromatic heterocycles. The third-order valence-electron chi connectivity index (χ3n) is 4.56. The Morgan fingerprint density at radius 3 is 2.50 bits per heavy atom. The van der Waals surface area contributed by atoms with Gasteiger partial charge >= 0.3 is 0 Å². The summed E-state index contributed by atoms with van der Waals surface area (Å²) in [6.45, 7) is 0. The third kappa shape index (κ3) is 2.77. The Hall–Kier alpha value is -2.70. The number of ketones is 1. The van der Waals surface area contributed by atoms with Crippen molar-refractivity contribution >= 4 is 33.3 Å². The molecule has 0 bridgehead atoms. The summed E-state index contributed by atoms with van der Waals surface area (Å²) >= 11 is 3.34. The van der Waals surface area contributed by atoms with Gasteiger partial charge < -0.3 is 15.0 Å². The van der Waals surface area contributed by atoms with Crippen molar-refractivity contribution in [2.75, 3.05) is 5.32 Å². The number of aromatic nitrogens is 1. The Labute approximate surface area is 158 Å². The molecule has 0 radical (unpaired) electrons. The molecule has 26 heavy (non-hydrogen) atoms. The maximum atomic E-state index is 12.7. The highest BCUT2D eigenvalue weighted by Crippen LogP contribution is 2.40. The van der Waals surface area contributed by atoms with Gasteiger partial charge in [0.25, 0.3) is 5.91 Å². The summed E-state index contributed by atoms with van der Waals surface area (Å²) < 4.78 is 2.66. The van der Waals surface area contributed by atoms with Crippen molar-refractivity contribution in [3.8, 4) is 5.69 Å². The number of rotatable bonds is 4. The van der Waals surface area contributed by atoms with Gasteiger partial charge in [0, 0.05) is 39.4 Å². The van der Waals surface area contributed by atoms with E-state index < -0.39 is 11.5 Å². The highest BCUT2D eigenvalue weighted by atomic mass is 79.9. The lowest BCUT2D eigenvalue weighted by Gasteiger charge is -2.20. The minimum Gasteiger partial charge on any atom is -0.375 e. The molecular formula is C20H15BrN2O3. The van der Waals surface area contributed by atoms with Gasteiger partial charge in [-0.3, -0.25) is 9.59 Å². The van der Waals surface area contributed by atoms with Crippen molar-refractivity contribution in [1.29, 1.82) is 0 Å². The van der Waals surface area contributed by atoms with Crippen molar-refractivity contribution in [1.82, 2.24) is 4.57 Å². The molecule has 0 fully saturated rings. The second kappa shape index (κ2) is 6.23. The van der Waals surface area contributed by atoms with Gasteiger partial charge in [-0.1, -0.05) is 15.9 Å². The number of carbonyl (C=O) groups excluding carboxylic acids is 2. The molecule has 3 aromatic rings. The number of nitrogens with zero attached hydrogens (tertiary/aromatic N) is 1. The molecule has 6 heteroatoms. The van der Waals surface area contributed by atoms with Crippen LogP contribution in [0.4, 0.5) is 5.69 Å². The highest BCUT2D eigenvalue weighted by Gasteiger charge is 2.46. The molecule has 0 spiro atoms. The van der Waals surface area contributed by atoms with Crippen LogP contribution in [0.25, 0.3) is 5.69 Å². The van der Waals surface area contributed by atoms with Crippen LogP contribution in [0.2, 0.25) is 0 Å². The average molecular weight is 411 g/mol. The van der Waals surface area contributed by atoms with Crippen LogP contribution >= 0.6 is 15.9 Å². The van der Waals surface area contributed by atoms with E-state index in [9.17, 15) is 14.7 Å². The van der Waals surface area contributed by atoms with Gasteiger partial charge in [-0.05, 0) is 54.6 Å². The van der Waals surface area contributed by atoms with Crippen molar-refractivity contribution < 1.29 is 14.7 Å². The first-order valence-electron chi connectivity index (χ1n) is 8.08. The third-order valence-corrected chi connectivity index (χ3v) is 5.05. The number of anilines is 1. The number of hydrogen-bond acceptors (Lipinski definition) is 3. The number of amides is 1. The summed E-state index contributed by atoms with van der Waals surface area (Å²) in [5.41, 5.74) is 0.448. The van der Waals surface area contributed by atoms with Crippen LogP contribution in [0, 0.1) is 0 Å². The monoisotopic (exact) mass is 410 g/mol. The average Bonchev–Trinajstić information content (AvgIpc) is 3.24. The zero-order valence-corrected chi connectivity index (χ0v) is 15.2. The maximum absolute atomic E-state index is 12.7. The van der Waals surface area contributed by atoms with Crippen molar-refractivity contribution in [2.24, 2.45) is 0 Å². The lowest BCUT2D eigenvalue weighted by atomic mass is 9.88. The van der Waals surface area contributed by atoms with Crippen LogP contribution in [0.3, 0.4) is 0 Å². The van der Waals surface area contributed by atoms with Crippen LogP contribution in [0.15, 0.2) is 71.5 Å². The van der Waals surface area contributed by atoms with E-state index in [0.717, 1.165) is 10.2 Å². The number of hydrogen-bond donors (Lipinski definition) is 2. The van der Waals surface area contributed by atoms with Crippen molar-refractivity contribution in [3.63, 3.8) is 0 Å². The fraction of sp³-hybridized carbons (Fsp3) is 0.100. The van der Waals surface area contributed by atoms with E-state index in [-0.39, 0.29) is 12.2 Å². The fourth-order valence-electron chi connectivity index (χ4n) is 3.15. The highest BCUT2D eigenvalue weighted by molar-refractivity contribution is 9.10. The Balaban J connectivity index is 1.60. The number of benzene rings is 2. The molecule has 2 heterocycles. The first-order valence-corrected chi connectivity index (χ1v) is 8.87. The van der Waals surface area contributed by atoms with E-state index in [2.05, 4.69) is 21.2 Å². The Morgan fingerprint density at radius 2 is 1.81 bits per heavy atom. The molecule has 0 saturated carbocycles. The molecule has 0 saturated heterocycles. The first kappa shape index (κ1) is 16.8. The molecule has 1 aliphatic heterocycles. The largest absolute Gasteiger partial charge is 0.375 e. The van der Waals surface area contributed by atoms with Gasteiger partial charge in [-0.2, -0.15) is 0 Å².